The Hall–Kier alpha value is -2.23. The minimum atomic E-state index is -0.279. The monoisotopic (exact) mass is 412 g/mol. The summed E-state index contributed by atoms with van der Waals surface area (Å²) in [6.45, 7) is 2.10. The molecule has 0 aliphatic carbocycles. The van der Waals surface area contributed by atoms with Crippen LogP contribution in [0.5, 0.6) is 5.75 Å². The van der Waals surface area contributed by atoms with Gasteiger partial charge in [-0.3, -0.25) is 9.59 Å². The van der Waals surface area contributed by atoms with E-state index in [1.165, 1.54) is 13.3 Å². The topological polar surface area (TPSA) is 105 Å². The molecule has 0 radical (unpaired) electrons. The molecule has 0 saturated heterocycles. The molecule has 0 spiro atoms. The highest BCUT2D eigenvalue weighted by Gasteiger charge is 2.15. The highest BCUT2D eigenvalue weighted by Crippen LogP contribution is 2.28. The van der Waals surface area contributed by atoms with Crippen LogP contribution in [-0.4, -0.2) is 45.9 Å². The van der Waals surface area contributed by atoms with Gasteiger partial charge in [-0.2, -0.15) is 0 Å². The van der Waals surface area contributed by atoms with E-state index in [4.69, 9.17) is 16.3 Å². The molecule has 0 fully saturated rings. The number of aliphatic hydroxyl groups excluding tert-OH is 1. The molecule has 0 bridgehead atoms. The lowest BCUT2D eigenvalue weighted by atomic mass is 10.3. The number of benzene rings is 1. The SMILES string of the molecule is CCNC(=O)Cn1c(CO)cnc1SCC(=O)Nc1cc(Cl)ccc1OC. The predicted octanol–water partition coefficient (Wildman–Crippen LogP) is 1.90. The van der Waals surface area contributed by atoms with Gasteiger partial charge in [0.15, 0.2) is 5.16 Å². The number of aliphatic hydroxyl groups is 1. The summed E-state index contributed by atoms with van der Waals surface area (Å²) in [5.74, 6) is 0.0873. The summed E-state index contributed by atoms with van der Waals surface area (Å²) in [7, 11) is 1.50. The van der Waals surface area contributed by atoms with Gasteiger partial charge in [-0.25, -0.2) is 4.98 Å². The summed E-state index contributed by atoms with van der Waals surface area (Å²) in [5.41, 5.74) is 0.970. The summed E-state index contributed by atoms with van der Waals surface area (Å²) in [6.07, 6.45) is 1.49. The zero-order valence-corrected chi connectivity index (χ0v) is 16.6. The molecule has 2 aromatic rings. The predicted molar refractivity (Wildman–Crippen MR) is 104 cm³/mol. The van der Waals surface area contributed by atoms with Gasteiger partial charge in [0.05, 0.1) is 37.0 Å². The molecule has 27 heavy (non-hydrogen) atoms. The molecule has 1 heterocycles. The molecular formula is C17H21ClN4O4S. The minimum Gasteiger partial charge on any atom is -0.495 e. The molecule has 10 heteroatoms. The number of ether oxygens (including phenoxy) is 1. The number of amides is 2. The summed E-state index contributed by atoms with van der Waals surface area (Å²) >= 11 is 7.12. The van der Waals surface area contributed by atoms with Crippen LogP contribution in [0, 0.1) is 0 Å². The van der Waals surface area contributed by atoms with E-state index in [9.17, 15) is 14.7 Å². The normalized spacial score (nSPS) is 10.5. The summed E-state index contributed by atoms with van der Waals surface area (Å²) in [6, 6.07) is 4.93. The van der Waals surface area contributed by atoms with E-state index in [-0.39, 0.29) is 30.7 Å². The number of carbonyl (C=O) groups is 2. The number of hydrogen-bond acceptors (Lipinski definition) is 6. The molecule has 0 aliphatic heterocycles. The Labute approximate surface area is 166 Å². The van der Waals surface area contributed by atoms with E-state index < -0.39 is 0 Å². The molecule has 2 amide bonds. The Kier molecular flexibility index (Phi) is 7.96. The highest BCUT2D eigenvalue weighted by atomic mass is 35.5. The Morgan fingerprint density at radius 3 is 2.81 bits per heavy atom. The Balaban J connectivity index is 2.04. The number of methoxy groups -OCH3 is 1. The molecule has 2 rings (SSSR count). The minimum absolute atomic E-state index is 0.0236. The van der Waals surface area contributed by atoms with Crippen LogP contribution in [0.2, 0.25) is 5.02 Å². The van der Waals surface area contributed by atoms with Crippen LogP contribution in [0.15, 0.2) is 29.6 Å². The van der Waals surface area contributed by atoms with E-state index in [0.717, 1.165) is 11.8 Å². The molecule has 3 N–H and O–H groups in total. The first kappa shape index (κ1) is 21.1. The van der Waals surface area contributed by atoms with Crippen LogP contribution in [0.3, 0.4) is 0 Å². The Bertz CT molecular complexity index is 812. The second-order valence-electron chi connectivity index (χ2n) is 5.41. The van der Waals surface area contributed by atoms with Crippen molar-refractivity contribution in [3.63, 3.8) is 0 Å². The molecular weight excluding hydrogens is 392 g/mol. The lowest BCUT2D eigenvalue weighted by molar-refractivity contribution is -0.121. The van der Waals surface area contributed by atoms with Crippen LogP contribution in [0.25, 0.3) is 0 Å². The quantitative estimate of drug-likeness (QED) is 0.543. The number of imidazole rings is 1. The average molecular weight is 413 g/mol. The van der Waals surface area contributed by atoms with Gasteiger partial charge >= 0.3 is 0 Å². The number of carbonyl (C=O) groups excluding carboxylic acids is 2. The second kappa shape index (κ2) is 10.2. The van der Waals surface area contributed by atoms with Gasteiger partial charge in [-0.05, 0) is 25.1 Å². The zero-order chi connectivity index (χ0) is 19.8. The van der Waals surface area contributed by atoms with Gasteiger partial charge in [0.25, 0.3) is 0 Å². The highest BCUT2D eigenvalue weighted by molar-refractivity contribution is 7.99. The maximum Gasteiger partial charge on any atom is 0.240 e. The fraction of sp³-hybridized carbons (Fsp3) is 0.353. The maximum absolute atomic E-state index is 12.3. The van der Waals surface area contributed by atoms with Crippen LogP contribution in [-0.2, 0) is 22.7 Å². The number of hydrogen-bond donors (Lipinski definition) is 3. The number of likely N-dealkylation sites (N-methyl/N-ethyl adjacent to an activating group) is 1. The number of thioether (sulfide) groups is 1. The van der Waals surface area contributed by atoms with Crippen molar-refractivity contribution >= 4 is 40.9 Å². The molecule has 1 aromatic carbocycles. The van der Waals surface area contributed by atoms with Crippen LogP contribution in [0.1, 0.15) is 12.6 Å². The first-order valence-corrected chi connectivity index (χ1v) is 9.53. The molecule has 0 unspecified atom stereocenters. The van der Waals surface area contributed by atoms with E-state index in [1.807, 2.05) is 6.92 Å². The fourth-order valence-corrected chi connectivity index (χ4v) is 3.26. The van der Waals surface area contributed by atoms with Gasteiger partial charge in [-0.15, -0.1) is 0 Å². The molecule has 0 saturated carbocycles. The third-order valence-corrected chi connectivity index (χ3v) is 4.73. The first-order chi connectivity index (χ1) is 13.0. The lowest BCUT2D eigenvalue weighted by Crippen LogP contribution is -2.28. The van der Waals surface area contributed by atoms with E-state index in [2.05, 4.69) is 15.6 Å². The number of halogens is 1. The smallest absolute Gasteiger partial charge is 0.240 e. The van der Waals surface area contributed by atoms with Crippen molar-refractivity contribution in [2.45, 2.75) is 25.2 Å². The van der Waals surface area contributed by atoms with E-state index in [0.29, 0.717) is 33.9 Å². The van der Waals surface area contributed by atoms with Crippen molar-refractivity contribution in [1.29, 1.82) is 0 Å². The number of rotatable bonds is 9. The summed E-state index contributed by atoms with van der Waals surface area (Å²) in [5, 5.41) is 15.8. The first-order valence-electron chi connectivity index (χ1n) is 8.16. The molecule has 0 aliphatic rings. The number of anilines is 1. The Morgan fingerprint density at radius 1 is 1.37 bits per heavy atom. The Morgan fingerprint density at radius 2 is 2.15 bits per heavy atom. The fourth-order valence-electron chi connectivity index (χ4n) is 2.29. The largest absolute Gasteiger partial charge is 0.495 e. The number of nitrogens with one attached hydrogen (secondary N) is 2. The number of nitrogens with zero attached hydrogens (tertiary/aromatic N) is 2. The summed E-state index contributed by atoms with van der Waals surface area (Å²) < 4.78 is 6.79. The molecule has 0 atom stereocenters. The molecule has 8 nitrogen and oxygen atoms in total. The molecule has 146 valence electrons. The number of aromatic nitrogens is 2. The lowest BCUT2D eigenvalue weighted by Gasteiger charge is -2.12. The van der Waals surface area contributed by atoms with Crippen LogP contribution in [0.4, 0.5) is 5.69 Å². The summed E-state index contributed by atoms with van der Waals surface area (Å²) in [4.78, 5) is 28.3. The van der Waals surface area contributed by atoms with Crippen molar-refractivity contribution < 1.29 is 19.4 Å². The maximum atomic E-state index is 12.3. The van der Waals surface area contributed by atoms with Gasteiger partial charge in [-0.1, -0.05) is 23.4 Å². The zero-order valence-electron chi connectivity index (χ0n) is 15.0. The van der Waals surface area contributed by atoms with Gasteiger partial charge in [0.1, 0.15) is 12.3 Å². The van der Waals surface area contributed by atoms with E-state index in [1.54, 1.807) is 22.8 Å². The average Bonchev–Trinajstić information content (AvgIpc) is 3.02. The second-order valence-corrected chi connectivity index (χ2v) is 6.79. The standard InChI is InChI=1S/C17H21ClN4O4S/c1-3-19-15(24)8-22-12(9-23)7-20-17(22)27-10-16(25)21-13-6-11(18)4-5-14(13)26-2/h4-7,23H,3,8-10H2,1-2H3,(H,19,24)(H,21,25). The van der Waals surface area contributed by atoms with E-state index >= 15 is 0 Å². The van der Waals surface area contributed by atoms with Crippen molar-refractivity contribution in [2.24, 2.45) is 0 Å². The third-order valence-electron chi connectivity index (χ3n) is 3.51. The van der Waals surface area contributed by atoms with Crippen molar-refractivity contribution in [2.75, 3.05) is 24.7 Å². The van der Waals surface area contributed by atoms with Crippen LogP contribution >= 0.6 is 23.4 Å². The van der Waals surface area contributed by atoms with Crippen molar-refractivity contribution in [1.82, 2.24) is 14.9 Å². The van der Waals surface area contributed by atoms with Crippen molar-refractivity contribution in [3.05, 3.63) is 35.1 Å². The van der Waals surface area contributed by atoms with Crippen molar-refractivity contribution in [3.8, 4) is 5.75 Å². The third kappa shape index (κ3) is 5.88. The van der Waals surface area contributed by atoms with Gasteiger partial charge in [0, 0.05) is 11.6 Å². The van der Waals surface area contributed by atoms with Crippen LogP contribution < -0.4 is 15.4 Å². The van der Waals surface area contributed by atoms with Gasteiger partial charge in [0.2, 0.25) is 11.8 Å². The molecule has 1 aromatic heterocycles. The van der Waals surface area contributed by atoms with Gasteiger partial charge < -0.3 is 25.0 Å².